The number of nitrogens with zero attached hydrogens (tertiary/aromatic N) is 2. The monoisotopic (exact) mass is 336 g/mol. The molecule has 128 valence electrons. The van der Waals surface area contributed by atoms with Crippen LogP contribution in [-0.4, -0.2) is 28.8 Å². The van der Waals surface area contributed by atoms with Crippen molar-refractivity contribution in [1.82, 2.24) is 5.06 Å². The van der Waals surface area contributed by atoms with Gasteiger partial charge in [-0.25, -0.2) is 5.06 Å². The van der Waals surface area contributed by atoms with Gasteiger partial charge >= 0.3 is 0 Å². The summed E-state index contributed by atoms with van der Waals surface area (Å²) in [6, 6.07) is 16.9. The summed E-state index contributed by atoms with van der Waals surface area (Å²) in [5.41, 5.74) is 2.70. The van der Waals surface area contributed by atoms with Gasteiger partial charge in [0.2, 0.25) is 6.41 Å². The van der Waals surface area contributed by atoms with Crippen molar-refractivity contribution in [2.45, 2.75) is 37.8 Å². The van der Waals surface area contributed by atoms with E-state index in [2.05, 4.69) is 6.07 Å². The molecule has 2 atom stereocenters. The molecule has 0 saturated heterocycles. The predicted molar refractivity (Wildman–Crippen MR) is 93.0 cm³/mol. The van der Waals surface area contributed by atoms with Gasteiger partial charge in [0, 0.05) is 0 Å². The fourth-order valence-corrected chi connectivity index (χ4v) is 3.23. The van der Waals surface area contributed by atoms with Crippen LogP contribution in [0.3, 0.4) is 0 Å². The molecule has 1 aliphatic rings. The summed E-state index contributed by atoms with van der Waals surface area (Å²) in [6.45, 7) is 0. The molecule has 25 heavy (non-hydrogen) atoms. The molecular weight excluding hydrogens is 316 g/mol. The maximum atomic E-state index is 10.8. The van der Waals surface area contributed by atoms with Gasteiger partial charge in [-0.15, -0.1) is 0 Å². The Morgan fingerprint density at radius 3 is 2.24 bits per heavy atom. The van der Waals surface area contributed by atoms with Crippen LogP contribution < -0.4 is 4.74 Å². The Kier molecular flexibility index (Phi) is 5.32. The van der Waals surface area contributed by atoms with Gasteiger partial charge in [-0.1, -0.05) is 30.7 Å². The molecule has 1 amide bonds. The second kappa shape index (κ2) is 7.82. The topological polar surface area (TPSA) is 73.6 Å². The lowest BCUT2D eigenvalue weighted by Crippen LogP contribution is -2.45. The molecular formula is C20H20N2O3. The van der Waals surface area contributed by atoms with E-state index >= 15 is 0 Å². The highest BCUT2D eigenvalue weighted by Crippen LogP contribution is 2.28. The molecule has 0 bridgehead atoms. The highest BCUT2D eigenvalue weighted by atomic mass is 16.5. The lowest BCUT2D eigenvalue weighted by Gasteiger charge is -2.34. The van der Waals surface area contributed by atoms with E-state index in [9.17, 15) is 10.0 Å². The average Bonchev–Trinajstić information content (AvgIpc) is 2.68. The second-order valence-electron chi connectivity index (χ2n) is 6.21. The normalized spacial score (nSPS) is 19.7. The lowest BCUT2D eigenvalue weighted by molar-refractivity contribution is -0.172. The summed E-state index contributed by atoms with van der Waals surface area (Å²) < 4.78 is 6.01. The van der Waals surface area contributed by atoms with Crippen molar-refractivity contribution in [2.24, 2.45) is 0 Å². The van der Waals surface area contributed by atoms with E-state index in [0.29, 0.717) is 17.7 Å². The molecule has 2 aromatic rings. The third-order valence-corrected chi connectivity index (χ3v) is 4.60. The minimum absolute atomic E-state index is 0.204. The number of benzene rings is 2. The van der Waals surface area contributed by atoms with Gasteiger partial charge in [-0.2, -0.15) is 5.26 Å². The number of hydroxylamine groups is 2. The van der Waals surface area contributed by atoms with Crippen LogP contribution >= 0.6 is 0 Å². The minimum atomic E-state index is -0.301. The molecule has 5 nitrogen and oxygen atoms in total. The van der Waals surface area contributed by atoms with Crippen molar-refractivity contribution in [3.8, 4) is 22.9 Å². The Bertz CT molecular complexity index is 750. The molecule has 2 aromatic carbocycles. The lowest BCUT2D eigenvalue weighted by atomic mass is 9.92. The largest absolute Gasteiger partial charge is 0.488 e. The molecule has 1 saturated carbocycles. The summed E-state index contributed by atoms with van der Waals surface area (Å²) in [7, 11) is 0. The fourth-order valence-electron chi connectivity index (χ4n) is 3.23. The zero-order valence-electron chi connectivity index (χ0n) is 13.8. The van der Waals surface area contributed by atoms with E-state index in [-0.39, 0.29) is 12.1 Å². The van der Waals surface area contributed by atoms with Crippen molar-refractivity contribution in [3.05, 3.63) is 54.1 Å². The summed E-state index contributed by atoms with van der Waals surface area (Å²) in [5.74, 6) is 0.716. The third-order valence-electron chi connectivity index (χ3n) is 4.60. The van der Waals surface area contributed by atoms with Crippen molar-refractivity contribution >= 4 is 6.41 Å². The van der Waals surface area contributed by atoms with Crippen LogP contribution in [-0.2, 0) is 4.79 Å². The molecule has 0 aromatic heterocycles. The Labute approximate surface area is 147 Å². The molecule has 5 heteroatoms. The van der Waals surface area contributed by atoms with Crippen molar-refractivity contribution in [1.29, 1.82) is 5.26 Å². The first-order valence-corrected chi connectivity index (χ1v) is 8.41. The van der Waals surface area contributed by atoms with Gasteiger partial charge in [0.1, 0.15) is 11.9 Å². The highest BCUT2D eigenvalue weighted by molar-refractivity contribution is 5.65. The molecule has 3 rings (SSSR count). The first-order chi connectivity index (χ1) is 12.2. The average molecular weight is 336 g/mol. The summed E-state index contributed by atoms with van der Waals surface area (Å²) in [5, 5.41) is 19.3. The van der Waals surface area contributed by atoms with Crippen LogP contribution in [0.1, 0.15) is 31.2 Å². The van der Waals surface area contributed by atoms with E-state index in [1.165, 1.54) is 0 Å². The van der Waals surface area contributed by atoms with Crippen LogP contribution in [0.5, 0.6) is 5.75 Å². The maximum Gasteiger partial charge on any atom is 0.233 e. The molecule has 1 fully saturated rings. The first-order valence-electron chi connectivity index (χ1n) is 8.41. The number of carbonyl (C=O) groups is 1. The molecule has 1 N–H and O–H groups in total. The van der Waals surface area contributed by atoms with Crippen LogP contribution in [0, 0.1) is 11.3 Å². The molecule has 0 heterocycles. The zero-order chi connectivity index (χ0) is 17.6. The standard InChI is InChI=1S/C20H20N2O3/c21-13-15-5-7-16(8-6-15)17-9-11-18(12-10-17)25-20-4-2-1-3-19(20)22(24)14-23/h5-12,14,19-20,24H,1-4H2. The Morgan fingerprint density at radius 2 is 1.64 bits per heavy atom. The maximum absolute atomic E-state index is 10.8. The Balaban J connectivity index is 1.71. The van der Waals surface area contributed by atoms with Gasteiger partial charge < -0.3 is 4.74 Å². The van der Waals surface area contributed by atoms with Gasteiger partial charge in [0.25, 0.3) is 0 Å². The zero-order valence-corrected chi connectivity index (χ0v) is 13.8. The van der Waals surface area contributed by atoms with Crippen LogP contribution in [0.2, 0.25) is 0 Å². The number of hydrogen-bond donors (Lipinski definition) is 1. The fraction of sp³-hybridized carbons (Fsp3) is 0.300. The third kappa shape index (κ3) is 3.98. The number of nitriles is 1. The smallest absolute Gasteiger partial charge is 0.233 e. The second-order valence-corrected chi connectivity index (χ2v) is 6.21. The quantitative estimate of drug-likeness (QED) is 0.512. The van der Waals surface area contributed by atoms with E-state index in [1.807, 2.05) is 36.4 Å². The number of ether oxygens (including phenoxy) is 1. The summed E-state index contributed by atoms with van der Waals surface area (Å²) in [4.78, 5) is 10.8. The molecule has 0 radical (unpaired) electrons. The number of rotatable bonds is 5. The van der Waals surface area contributed by atoms with Gasteiger partial charge in [0.05, 0.1) is 17.7 Å². The number of hydrogen-bond acceptors (Lipinski definition) is 4. The van der Waals surface area contributed by atoms with Crippen molar-refractivity contribution in [3.63, 3.8) is 0 Å². The van der Waals surface area contributed by atoms with Crippen molar-refractivity contribution in [2.75, 3.05) is 0 Å². The molecule has 0 spiro atoms. The molecule has 1 aliphatic carbocycles. The minimum Gasteiger partial charge on any atom is -0.488 e. The predicted octanol–water partition coefficient (Wildman–Crippen LogP) is 3.76. The van der Waals surface area contributed by atoms with Crippen LogP contribution in [0.15, 0.2) is 48.5 Å². The van der Waals surface area contributed by atoms with Crippen molar-refractivity contribution < 1.29 is 14.7 Å². The van der Waals surface area contributed by atoms with E-state index in [1.54, 1.807) is 12.1 Å². The highest BCUT2D eigenvalue weighted by Gasteiger charge is 2.31. The first kappa shape index (κ1) is 17.0. The van der Waals surface area contributed by atoms with Crippen LogP contribution in [0.25, 0.3) is 11.1 Å². The van der Waals surface area contributed by atoms with Crippen LogP contribution in [0.4, 0.5) is 0 Å². The van der Waals surface area contributed by atoms with Gasteiger partial charge in [0.15, 0.2) is 0 Å². The van der Waals surface area contributed by atoms with E-state index in [4.69, 9.17) is 10.00 Å². The number of carbonyl (C=O) groups excluding carboxylic acids is 1. The molecule has 2 unspecified atom stereocenters. The van der Waals surface area contributed by atoms with E-state index < -0.39 is 0 Å². The SMILES string of the molecule is N#Cc1ccc(-c2ccc(OC3CCCCC3N(O)C=O)cc2)cc1. The number of amides is 1. The Morgan fingerprint density at radius 1 is 1.04 bits per heavy atom. The Hall–Kier alpha value is -2.84. The van der Waals surface area contributed by atoms with E-state index in [0.717, 1.165) is 41.9 Å². The summed E-state index contributed by atoms with van der Waals surface area (Å²) in [6.07, 6.45) is 3.80. The summed E-state index contributed by atoms with van der Waals surface area (Å²) >= 11 is 0. The van der Waals surface area contributed by atoms with Gasteiger partial charge in [-0.3, -0.25) is 10.0 Å². The van der Waals surface area contributed by atoms with Gasteiger partial charge in [-0.05, 0) is 54.7 Å². The molecule has 0 aliphatic heterocycles.